The lowest BCUT2D eigenvalue weighted by Crippen LogP contribution is -2.13. The highest BCUT2D eigenvalue weighted by atomic mass is 79.9. The zero-order valence-corrected chi connectivity index (χ0v) is 15.6. The zero-order valence-electron chi connectivity index (χ0n) is 10.9. The van der Waals surface area contributed by atoms with E-state index in [1.165, 1.54) is 23.5 Å². The SMILES string of the molecule is CC(C)c1nnc(NS(=O)(=O)c2cc(Br)c(Cl)cc2Cl)s1. The Labute approximate surface area is 144 Å². The van der Waals surface area contributed by atoms with E-state index in [1.54, 1.807) is 0 Å². The van der Waals surface area contributed by atoms with E-state index in [2.05, 4.69) is 30.8 Å². The van der Waals surface area contributed by atoms with Crippen LogP contribution in [0.3, 0.4) is 0 Å². The van der Waals surface area contributed by atoms with Gasteiger partial charge in [0.1, 0.15) is 9.90 Å². The second-order valence-corrected chi connectivity index (χ2v) is 8.73. The molecule has 0 fully saturated rings. The molecule has 0 bridgehead atoms. The van der Waals surface area contributed by atoms with Crippen LogP contribution in [-0.2, 0) is 10.0 Å². The maximum Gasteiger partial charge on any atom is 0.265 e. The van der Waals surface area contributed by atoms with Gasteiger partial charge in [0.2, 0.25) is 5.13 Å². The molecule has 0 atom stereocenters. The van der Waals surface area contributed by atoms with E-state index in [1.807, 2.05) is 13.8 Å². The standard InChI is InChI=1S/C11H10BrCl2N3O2S2/c1-5(2)10-15-16-11(20-10)17-21(18,19)9-3-6(12)7(13)4-8(9)14/h3-5H,1-2H3,(H,16,17). The van der Waals surface area contributed by atoms with Crippen molar-refractivity contribution in [3.8, 4) is 0 Å². The number of anilines is 1. The maximum atomic E-state index is 12.3. The molecule has 1 heterocycles. The molecule has 1 aromatic heterocycles. The van der Waals surface area contributed by atoms with Gasteiger partial charge in [-0.2, -0.15) is 0 Å². The van der Waals surface area contributed by atoms with E-state index in [4.69, 9.17) is 23.2 Å². The summed E-state index contributed by atoms with van der Waals surface area (Å²) in [5.41, 5.74) is 0. The average molecular weight is 431 g/mol. The highest BCUT2D eigenvalue weighted by Gasteiger charge is 2.22. The Balaban J connectivity index is 2.36. The summed E-state index contributed by atoms with van der Waals surface area (Å²) in [6.07, 6.45) is 0. The molecule has 0 radical (unpaired) electrons. The summed E-state index contributed by atoms with van der Waals surface area (Å²) >= 11 is 16.2. The first-order chi connectivity index (χ1) is 9.70. The molecule has 0 aliphatic rings. The number of hydrogen-bond donors (Lipinski definition) is 1. The molecule has 0 aliphatic heterocycles. The lowest BCUT2D eigenvalue weighted by Gasteiger charge is -2.08. The van der Waals surface area contributed by atoms with Crippen molar-refractivity contribution < 1.29 is 8.42 Å². The molecular weight excluding hydrogens is 421 g/mol. The van der Waals surface area contributed by atoms with Gasteiger partial charge in [0.15, 0.2) is 0 Å². The fourth-order valence-corrected chi connectivity index (χ4v) is 4.63. The Hall–Kier alpha value is -0.410. The molecule has 2 rings (SSSR count). The third-order valence-corrected chi connectivity index (χ3v) is 6.69. The van der Waals surface area contributed by atoms with Crippen LogP contribution in [0.2, 0.25) is 10.0 Å². The lowest BCUT2D eigenvalue weighted by atomic mass is 10.2. The summed E-state index contributed by atoms with van der Waals surface area (Å²) in [6.45, 7) is 3.90. The number of nitrogens with zero attached hydrogens (tertiary/aromatic N) is 2. The highest BCUT2D eigenvalue weighted by molar-refractivity contribution is 9.10. The van der Waals surface area contributed by atoms with E-state index in [0.29, 0.717) is 9.50 Å². The van der Waals surface area contributed by atoms with Crippen LogP contribution in [0.25, 0.3) is 0 Å². The minimum absolute atomic E-state index is 0.0318. The maximum absolute atomic E-state index is 12.3. The van der Waals surface area contributed by atoms with Crippen LogP contribution in [0.1, 0.15) is 24.8 Å². The number of benzene rings is 1. The first kappa shape index (κ1) is 17.0. The Bertz CT molecular complexity index is 778. The quantitative estimate of drug-likeness (QED) is 0.723. The molecule has 1 N–H and O–H groups in total. The minimum atomic E-state index is -3.86. The van der Waals surface area contributed by atoms with E-state index in [9.17, 15) is 8.42 Å². The highest BCUT2D eigenvalue weighted by Crippen LogP contribution is 2.33. The molecule has 5 nitrogen and oxygen atoms in total. The number of hydrogen-bond acceptors (Lipinski definition) is 5. The summed E-state index contributed by atoms with van der Waals surface area (Å²) in [6, 6.07) is 2.71. The van der Waals surface area contributed by atoms with Gasteiger partial charge < -0.3 is 0 Å². The van der Waals surface area contributed by atoms with Gasteiger partial charge in [0.05, 0.1) is 10.0 Å². The molecule has 1 aromatic carbocycles. The number of rotatable bonds is 4. The third-order valence-electron chi connectivity index (χ3n) is 2.42. The summed E-state index contributed by atoms with van der Waals surface area (Å²) in [7, 11) is -3.86. The molecule has 0 unspecified atom stereocenters. The molecule has 21 heavy (non-hydrogen) atoms. The van der Waals surface area contributed by atoms with Crippen LogP contribution >= 0.6 is 50.5 Å². The Morgan fingerprint density at radius 3 is 2.48 bits per heavy atom. The van der Waals surface area contributed by atoms with Crippen molar-refractivity contribution >= 4 is 65.6 Å². The smallest absolute Gasteiger partial charge is 0.253 e. The molecular formula is C11H10BrCl2N3O2S2. The number of aromatic nitrogens is 2. The fourth-order valence-electron chi connectivity index (χ4n) is 1.39. The van der Waals surface area contributed by atoms with Crippen LogP contribution in [0.4, 0.5) is 5.13 Å². The second-order valence-electron chi connectivity index (χ2n) is 4.40. The van der Waals surface area contributed by atoms with Crippen molar-refractivity contribution in [1.82, 2.24) is 10.2 Å². The summed E-state index contributed by atoms with van der Waals surface area (Å²) in [5.74, 6) is 0.175. The van der Waals surface area contributed by atoms with Gasteiger partial charge in [-0.05, 0) is 28.1 Å². The Kier molecular flexibility index (Phi) is 5.15. The van der Waals surface area contributed by atoms with Crippen molar-refractivity contribution in [3.63, 3.8) is 0 Å². The zero-order chi connectivity index (χ0) is 15.8. The topological polar surface area (TPSA) is 72.0 Å². The molecule has 0 saturated heterocycles. The predicted octanol–water partition coefficient (Wildman–Crippen LogP) is 4.53. The van der Waals surface area contributed by atoms with E-state index >= 15 is 0 Å². The molecule has 114 valence electrons. The monoisotopic (exact) mass is 429 g/mol. The van der Waals surface area contributed by atoms with Crippen molar-refractivity contribution in [2.75, 3.05) is 4.72 Å². The van der Waals surface area contributed by atoms with E-state index in [-0.39, 0.29) is 21.0 Å². The van der Waals surface area contributed by atoms with Gasteiger partial charge >= 0.3 is 0 Å². The number of sulfonamides is 1. The Morgan fingerprint density at radius 1 is 1.24 bits per heavy atom. The van der Waals surface area contributed by atoms with Crippen molar-refractivity contribution in [1.29, 1.82) is 0 Å². The van der Waals surface area contributed by atoms with Crippen LogP contribution in [-0.4, -0.2) is 18.6 Å². The summed E-state index contributed by atoms with van der Waals surface area (Å²) < 4.78 is 27.5. The molecule has 0 saturated carbocycles. The summed E-state index contributed by atoms with van der Waals surface area (Å²) in [5, 5.41) is 9.04. The van der Waals surface area contributed by atoms with E-state index < -0.39 is 10.0 Å². The van der Waals surface area contributed by atoms with Gasteiger partial charge in [-0.25, -0.2) is 8.42 Å². The van der Waals surface area contributed by atoms with Crippen LogP contribution in [0, 0.1) is 0 Å². The fraction of sp³-hybridized carbons (Fsp3) is 0.273. The predicted molar refractivity (Wildman–Crippen MR) is 89.0 cm³/mol. The van der Waals surface area contributed by atoms with Gasteiger partial charge in [-0.1, -0.05) is 48.4 Å². The largest absolute Gasteiger partial charge is 0.265 e. The van der Waals surface area contributed by atoms with E-state index in [0.717, 1.165) is 5.01 Å². The number of nitrogens with one attached hydrogen (secondary N) is 1. The van der Waals surface area contributed by atoms with Gasteiger partial charge in [0, 0.05) is 10.4 Å². The van der Waals surface area contributed by atoms with Crippen LogP contribution < -0.4 is 4.72 Å². The van der Waals surface area contributed by atoms with Crippen molar-refractivity contribution in [2.45, 2.75) is 24.7 Å². The van der Waals surface area contributed by atoms with Crippen LogP contribution in [0.5, 0.6) is 0 Å². The molecule has 0 amide bonds. The molecule has 0 spiro atoms. The first-order valence-electron chi connectivity index (χ1n) is 5.71. The van der Waals surface area contributed by atoms with Gasteiger partial charge in [0.25, 0.3) is 10.0 Å². The Morgan fingerprint density at radius 2 is 1.90 bits per heavy atom. The van der Waals surface area contributed by atoms with Gasteiger partial charge in [-0.3, -0.25) is 4.72 Å². The normalized spacial score (nSPS) is 11.9. The summed E-state index contributed by atoms with van der Waals surface area (Å²) in [4.78, 5) is -0.0817. The third kappa shape index (κ3) is 3.87. The first-order valence-corrected chi connectivity index (χ1v) is 9.56. The lowest BCUT2D eigenvalue weighted by molar-refractivity contribution is 0.601. The van der Waals surface area contributed by atoms with Crippen LogP contribution in [0.15, 0.2) is 21.5 Å². The molecule has 2 aromatic rings. The van der Waals surface area contributed by atoms with Crippen molar-refractivity contribution in [3.05, 3.63) is 31.7 Å². The number of halogens is 3. The molecule has 10 heteroatoms. The molecule has 0 aliphatic carbocycles. The minimum Gasteiger partial charge on any atom is -0.253 e. The van der Waals surface area contributed by atoms with Gasteiger partial charge in [-0.15, -0.1) is 10.2 Å². The average Bonchev–Trinajstić information content (AvgIpc) is 2.81. The van der Waals surface area contributed by atoms with Crippen molar-refractivity contribution in [2.24, 2.45) is 0 Å². The second kappa shape index (κ2) is 6.37.